The molecule has 0 spiro atoms. The minimum absolute atomic E-state index is 0.0515. The van der Waals surface area contributed by atoms with Crippen LogP contribution >= 0.6 is 0 Å². The smallest absolute Gasteiger partial charge is 0.292 e. The summed E-state index contributed by atoms with van der Waals surface area (Å²) >= 11 is 0. The average molecular weight is 356 g/mol. The van der Waals surface area contributed by atoms with Gasteiger partial charge in [0.25, 0.3) is 5.69 Å². The predicted molar refractivity (Wildman–Crippen MR) is 97.0 cm³/mol. The van der Waals surface area contributed by atoms with Crippen LogP contribution in [0.1, 0.15) is 6.42 Å². The van der Waals surface area contributed by atoms with E-state index in [1.807, 2.05) is 4.90 Å². The van der Waals surface area contributed by atoms with E-state index in [0.717, 1.165) is 0 Å². The number of nitrogens with zero attached hydrogens (tertiary/aromatic N) is 5. The number of rotatable bonds is 6. The maximum absolute atomic E-state index is 12.3. The molecule has 1 fully saturated rings. The Balaban J connectivity index is 1.49. The Labute approximate surface area is 150 Å². The van der Waals surface area contributed by atoms with Crippen molar-refractivity contribution in [2.24, 2.45) is 0 Å². The molecule has 3 rings (SSSR count). The van der Waals surface area contributed by atoms with Crippen LogP contribution < -0.4 is 10.2 Å². The Morgan fingerprint density at radius 3 is 2.50 bits per heavy atom. The lowest BCUT2D eigenvalue weighted by Crippen LogP contribution is -2.49. The van der Waals surface area contributed by atoms with Gasteiger partial charge in [-0.2, -0.15) is 0 Å². The van der Waals surface area contributed by atoms with Crippen molar-refractivity contribution >= 4 is 23.2 Å². The zero-order valence-electron chi connectivity index (χ0n) is 14.2. The van der Waals surface area contributed by atoms with Crippen LogP contribution in [0.4, 0.5) is 17.3 Å². The molecule has 0 unspecified atom stereocenters. The minimum atomic E-state index is -0.371. The number of anilines is 2. The lowest BCUT2D eigenvalue weighted by Gasteiger charge is -2.35. The van der Waals surface area contributed by atoms with Gasteiger partial charge in [-0.25, -0.2) is 9.97 Å². The maximum atomic E-state index is 12.3. The van der Waals surface area contributed by atoms with Gasteiger partial charge in [-0.15, -0.1) is 0 Å². The number of amides is 1. The highest BCUT2D eigenvalue weighted by molar-refractivity contribution is 5.77. The molecular formula is C17H20N6O3. The van der Waals surface area contributed by atoms with Crippen molar-refractivity contribution in [3.63, 3.8) is 0 Å². The van der Waals surface area contributed by atoms with E-state index >= 15 is 0 Å². The van der Waals surface area contributed by atoms with E-state index in [9.17, 15) is 14.9 Å². The highest BCUT2D eigenvalue weighted by Crippen LogP contribution is 2.28. The molecule has 26 heavy (non-hydrogen) atoms. The second kappa shape index (κ2) is 8.24. The number of nitrogens with one attached hydrogen (secondary N) is 1. The van der Waals surface area contributed by atoms with Crippen LogP contribution in [0.5, 0.6) is 0 Å². The summed E-state index contributed by atoms with van der Waals surface area (Å²) in [5.41, 5.74) is 0.701. The van der Waals surface area contributed by atoms with E-state index in [4.69, 9.17) is 0 Å². The Hall–Kier alpha value is -3.23. The van der Waals surface area contributed by atoms with Crippen molar-refractivity contribution in [3.8, 4) is 0 Å². The molecule has 0 radical (unpaired) electrons. The zero-order chi connectivity index (χ0) is 18.4. The Kier molecular flexibility index (Phi) is 5.57. The first-order valence-electron chi connectivity index (χ1n) is 8.42. The van der Waals surface area contributed by atoms with E-state index in [1.165, 1.54) is 6.07 Å². The van der Waals surface area contributed by atoms with Crippen LogP contribution in [-0.2, 0) is 4.79 Å². The molecule has 136 valence electrons. The monoisotopic (exact) mass is 356 g/mol. The van der Waals surface area contributed by atoms with Crippen molar-refractivity contribution < 1.29 is 9.72 Å². The third-order valence-electron chi connectivity index (χ3n) is 4.24. The highest BCUT2D eigenvalue weighted by atomic mass is 16.6. The summed E-state index contributed by atoms with van der Waals surface area (Å²) in [5, 5.41) is 14.2. The Morgan fingerprint density at radius 1 is 1.12 bits per heavy atom. The molecule has 1 aromatic heterocycles. The van der Waals surface area contributed by atoms with Gasteiger partial charge < -0.3 is 15.1 Å². The van der Waals surface area contributed by atoms with Gasteiger partial charge in [-0.05, 0) is 12.1 Å². The normalized spacial score (nSPS) is 14.2. The fourth-order valence-electron chi connectivity index (χ4n) is 2.91. The molecule has 1 aliphatic rings. The molecule has 0 saturated carbocycles. The number of aromatic nitrogens is 2. The lowest BCUT2D eigenvalue weighted by molar-refractivity contribution is -0.384. The molecule has 0 atom stereocenters. The van der Waals surface area contributed by atoms with E-state index in [0.29, 0.717) is 50.8 Å². The summed E-state index contributed by atoms with van der Waals surface area (Å²) in [6.07, 6.45) is 3.63. The second-order valence-electron chi connectivity index (χ2n) is 5.86. The van der Waals surface area contributed by atoms with Crippen LogP contribution in [0, 0.1) is 10.1 Å². The lowest BCUT2D eigenvalue weighted by atomic mass is 10.2. The largest absolute Gasteiger partial charge is 0.362 e. The van der Waals surface area contributed by atoms with Crippen molar-refractivity contribution in [1.82, 2.24) is 14.9 Å². The van der Waals surface area contributed by atoms with Gasteiger partial charge in [0, 0.05) is 57.6 Å². The van der Waals surface area contributed by atoms with Crippen molar-refractivity contribution in [1.29, 1.82) is 0 Å². The summed E-state index contributed by atoms with van der Waals surface area (Å²) in [5.74, 6) is 0.553. The van der Waals surface area contributed by atoms with Gasteiger partial charge in [-0.1, -0.05) is 12.1 Å². The van der Waals surface area contributed by atoms with Crippen molar-refractivity contribution in [2.45, 2.75) is 6.42 Å². The summed E-state index contributed by atoms with van der Waals surface area (Å²) < 4.78 is 0. The molecule has 9 nitrogen and oxygen atoms in total. The molecular weight excluding hydrogens is 336 g/mol. The van der Waals surface area contributed by atoms with E-state index in [1.54, 1.807) is 41.6 Å². The van der Waals surface area contributed by atoms with Gasteiger partial charge in [0.15, 0.2) is 0 Å². The molecule has 0 bridgehead atoms. The van der Waals surface area contributed by atoms with Gasteiger partial charge >= 0.3 is 0 Å². The summed E-state index contributed by atoms with van der Waals surface area (Å²) in [6.45, 7) is 2.71. The van der Waals surface area contributed by atoms with Crippen molar-refractivity contribution in [2.75, 3.05) is 42.9 Å². The van der Waals surface area contributed by atoms with Gasteiger partial charge in [0.1, 0.15) is 5.69 Å². The number of carbonyl (C=O) groups is 1. The van der Waals surface area contributed by atoms with Crippen LogP contribution in [-0.4, -0.2) is 58.4 Å². The SMILES string of the molecule is O=C(CCNc1ncccn1)N1CCN(c2ccccc2[N+](=O)[O-])CC1. The fourth-order valence-corrected chi connectivity index (χ4v) is 2.91. The predicted octanol–water partition coefficient (Wildman–Crippen LogP) is 1.54. The standard InChI is InChI=1S/C17H20N6O3/c24-16(6-9-20-17-18-7-3-8-19-17)22-12-10-21(11-13-22)14-4-1-2-5-15(14)23(25)26/h1-5,7-8H,6,9-13H2,(H,18,19,20). The molecule has 1 N–H and O–H groups in total. The number of carbonyl (C=O) groups excluding carboxylic acids is 1. The van der Waals surface area contributed by atoms with Gasteiger partial charge in [-0.3, -0.25) is 14.9 Å². The quantitative estimate of drug-likeness (QED) is 0.618. The molecule has 1 aliphatic heterocycles. The van der Waals surface area contributed by atoms with Gasteiger partial charge in [0.2, 0.25) is 11.9 Å². The van der Waals surface area contributed by atoms with E-state index < -0.39 is 0 Å². The second-order valence-corrected chi connectivity index (χ2v) is 5.86. The summed E-state index contributed by atoms with van der Waals surface area (Å²) in [7, 11) is 0. The van der Waals surface area contributed by atoms with Crippen LogP contribution in [0.15, 0.2) is 42.7 Å². The van der Waals surface area contributed by atoms with E-state index in [2.05, 4.69) is 15.3 Å². The first-order chi connectivity index (χ1) is 12.6. The van der Waals surface area contributed by atoms with Crippen LogP contribution in [0.2, 0.25) is 0 Å². The minimum Gasteiger partial charge on any atom is -0.362 e. The van der Waals surface area contributed by atoms with Crippen LogP contribution in [0.3, 0.4) is 0 Å². The summed E-state index contributed by atoms with van der Waals surface area (Å²) in [4.78, 5) is 35.0. The number of nitro groups is 1. The van der Waals surface area contributed by atoms with E-state index in [-0.39, 0.29) is 16.5 Å². The number of piperazine rings is 1. The molecule has 1 aromatic carbocycles. The molecule has 0 aliphatic carbocycles. The van der Waals surface area contributed by atoms with Gasteiger partial charge in [0.05, 0.1) is 4.92 Å². The molecule has 1 saturated heterocycles. The molecule has 2 aromatic rings. The van der Waals surface area contributed by atoms with Crippen LogP contribution in [0.25, 0.3) is 0 Å². The molecule has 1 amide bonds. The summed E-state index contributed by atoms with van der Waals surface area (Å²) in [6, 6.07) is 8.43. The molecule has 2 heterocycles. The fraction of sp³-hybridized carbons (Fsp3) is 0.353. The average Bonchev–Trinajstić information content (AvgIpc) is 2.69. The first-order valence-corrected chi connectivity index (χ1v) is 8.42. The third kappa shape index (κ3) is 4.24. The Morgan fingerprint density at radius 2 is 1.81 bits per heavy atom. The number of para-hydroxylation sites is 2. The first kappa shape index (κ1) is 17.6. The highest BCUT2D eigenvalue weighted by Gasteiger charge is 2.25. The number of hydrogen-bond donors (Lipinski definition) is 1. The number of nitro benzene ring substituents is 1. The number of benzene rings is 1. The maximum Gasteiger partial charge on any atom is 0.292 e. The number of hydrogen-bond acceptors (Lipinski definition) is 7. The Bertz CT molecular complexity index is 762. The van der Waals surface area contributed by atoms with Crippen molar-refractivity contribution in [3.05, 3.63) is 52.8 Å². The molecule has 9 heteroatoms. The topological polar surface area (TPSA) is 104 Å². The zero-order valence-corrected chi connectivity index (χ0v) is 14.2. The third-order valence-corrected chi connectivity index (χ3v) is 4.24.